The average Bonchev–Trinajstić information content (AvgIpc) is 2.94. The molecule has 0 spiro atoms. The largest absolute Gasteiger partial charge is 0.0648 e. The minimum atomic E-state index is -0.558. The van der Waals surface area contributed by atoms with Gasteiger partial charge in [-0.2, -0.15) is 0 Å². The summed E-state index contributed by atoms with van der Waals surface area (Å²) in [5.74, 6) is 0.546. The van der Waals surface area contributed by atoms with Crippen molar-refractivity contribution in [2.75, 3.05) is 0 Å². The van der Waals surface area contributed by atoms with Crippen molar-refractivity contribution in [1.29, 1.82) is 0 Å². The molecule has 0 aliphatic rings. The van der Waals surface area contributed by atoms with Crippen LogP contribution < -0.4 is 21.2 Å². The first-order chi connectivity index (χ1) is 19.1. The highest BCUT2D eigenvalue weighted by molar-refractivity contribution is 7.74. The lowest BCUT2D eigenvalue weighted by atomic mass is 9.70. The Morgan fingerprint density at radius 2 is 0.675 bits per heavy atom. The van der Waals surface area contributed by atoms with Crippen LogP contribution in [-0.4, -0.2) is 11.3 Å². The third-order valence-corrected chi connectivity index (χ3v) is 15.2. The Morgan fingerprint density at radius 3 is 0.850 bits per heavy atom. The fraction of sp³-hybridized carbons (Fsp3) is 0.368. The van der Waals surface area contributed by atoms with Gasteiger partial charge in [-0.1, -0.05) is 154 Å². The summed E-state index contributed by atoms with van der Waals surface area (Å²) >= 11 is 0. The number of rotatable bonds is 10. The lowest BCUT2D eigenvalue weighted by Crippen LogP contribution is -2.48. The van der Waals surface area contributed by atoms with Gasteiger partial charge in [0, 0.05) is 0 Å². The summed E-state index contributed by atoms with van der Waals surface area (Å²) in [5.41, 5.74) is 6.49. The van der Waals surface area contributed by atoms with Crippen LogP contribution in [0.15, 0.2) is 97.1 Å². The van der Waals surface area contributed by atoms with E-state index >= 15 is 0 Å². The molecule has 40 heavy (non-hydrogen) atoms. The van der Waals surface area contributed by atoms with Gasteiger partial charge in [0.25, 0.3) is 0 Å². The molecule has 0 nitrogen and oxygen atoms in total. The summed E-state index contributed by atoms with van der Waals surface area (Å²) in [6, 6.07) is 37.7. The highest BCUT2D eigenvalue weighted by Crippen LogP contribution is 2.61. The van der Waals surface area contributed by atoms with Crippen LogP contribution in [0, 0.1) is 39.0 Å². The van der Waals surface area contributed by atoms with E-state index in [4.69, 9.17) is 0 Å². The maximum Gasteiger partial charge on any atom is -0.00921 e. The summed E-state index contributed by atoms with van der Waals surface area (Å²) in [5, 5.41) is 5.99. The molecule has 0 aliphatic carbocycles. The first-order valence-electron chi connectivity index (χ1n) is 14.9. The lowest BCUT2D eigenvalue weighted by Gasteiger charge is -2.52. The zero-order valence-electron chi connectivity index (χ0n) is 26.1. The van der Waals surface area contributed by atoms with Crippen molar-refractivity contribution in [3.05, 3.63) is 119 Å². The first-order valence-corrected chi connectivity index (χ1v) is 17.8. The molecule has 4 aromatic rings. The van der Waals surface area contributed by atoms with Gasteiger partial charge < -0.3 is 0 Å². The van der Waals surface area contributed by atoms with Crippen molar-refractivity contribution in [3.63, 3.8) is 0 Å². The molecule has 0 aliphatic heterocycles. The summed E-state index contributed by atoms with van der Waals surface area (Å²) in [7, 11) is -1.12. The molecule has 2 unspecified atom stereocenters. The van der Waals surface area contributed by atoms with Crippen LogP contribution in [0.4, 0.5) is 0 Å². The second-order valence-electron chi connectivity index (χ2n) is 12.1. The van der Waals surface area contributed by atoms with Crippen LogP contribution in [0.1, 0.15) is 63.3 Å². The van der Waals surface area contributed by atoms with Crippen LogP contribution in [-0.2, 0) is 0 Å². The number of benzene rings is 4. The molecular formula is C38H48P2. The lowest BCUT2D eigenvalue weighted by molar-refractivity contribution is 0.176. The van der Waals surface area contributed by atoms with E-state index in [2.05, 4.69) is 159 Å². The summed E-state index contributed by atoms with van der Waals surface area (Å²) in [6.45, 7) is 21.4. The van der Waals surface area contributed by atoms with Crippen LogP contribution in [0.3, 0.4) is 0 Å². The van der Waals surface area contributed by atoms with Crippen molar-refractivity contribution in [1.82, 2.24) is 0 Å². The van der Waals surface area contributed by atoms with Crippen molar-refractivity contribution in [2.45, 2.75) is 80.1 Å². The molecule has 0 amide bonds. The Balaban J connectivity index is 1.91. The Bertz CT molecular complexity index is 1160. The maximum absolute atomic E-state index is 2.59. The third kappa shape index (κ3) is 6.30. The summed E-state index contributed by atoms with van der Waals surface area (Å²) in [6.07, 6.45) is 1.17. The second-order valence-corrected chi connectivity index (χ2v) is 17.1. The minimum absolute atomic E-state index is 0.156. The van der Waals surface area contributed by atoms with Gasteiger partial charge in [0.05, 0.1) is 0 Å². The average molecular weight is 567 g/mol. The molecule has 0 bridgehead atoms. The zero-order valence-corrected chi connectivity index (χ0v) is 27.9. The Kier molecular flexibility index (Phi) is 10.1. The monoisotopic (exact) mass is 566 g/mol. The fourth-order valence-electron chi connectivity index (χ4n) is 6.81. The predicted octanol–water partition coefficient (Wildman–Crippen LogP) is 9.32. The van der Waals surface area contributed by atoms with E-state index in [-0.39, 0.29) is 5.41 Å². The van der Waals surface area contributed by atoms with Gasteiger partial charge in [0.2, 0.25) is 0 Å². The van der Waals surface area contributed by atoms with E-state index in [1.807, 2.05) is 0 Å². The van der Waals surface area contributed by atoms with E-state index in [0.717, 1.165) is 0 Å². The Labute approximate surface area is 247 Å². The quantitative estimate of drug-likeness (QED) is 0.168. The Hall–Kier alpha value is -2.26. The van der Waals surface area contributed by atoms with E-state index < -0.39 is 15.8 Å². The van der Waals surface area contributed by atoms with Crippen LogP contribution in [0.2, 0.25) is 0 Å². The third-order valence-electron chi connectivity index (χ3n) is 9.27. The molecule has 0 heterocycles. The molecule has 0 N–H and O–H groups in total. The summed E-state index contributed by atoms with van der Waals surface area (Å²) < 4.78 is 0. The maximum atomic E-state index is 2.59. The van der Waals surface area contributed by atoms with Crippen LogP contribution >= 0.6 is 15.8 Å². The van der Waals surface area contributed by atoms with E-state index in [0.29, 0.717) is 17.2 Å². The molecular weight excluding hydrogens is 518 g/mol. The molecule has 2 heteroatoms. The molecule has 0 aromatic heterocycles. The SMILES string of the molecule is CCC(C(C)C)(C(C)P(c1ccc(C)cc1)c1ccc(C)cc1)C(C)P(c1ccc(C)cc1)c1ccc(C)cc1. The van der Waals surface area contributed by atoms with Gasteiger partial charge in [-0.25, -0.2) is 0 Å². The van der Waals surface area contributed by atoms with E-state index in [1.54, 1.807) is 0 Å². The van der Waals surface area contributed by atoms with Crippen LogP contribution in [0.5, 0.6) is 0 Å². The molecule has 0 saturated heterocycles. The molecule has 0 saturated carbocycles. The highest BCUT2D eigenvalue weighted by atomic mass is 31.1. The van der Waals surface area contributed by atoms with Crippen molar-refractivity contribution in [2.24, 2.45) is 11.3 Å². The second kappa shape index (κ2) is 13.1. The van der Waals surface area contributed by atoms with Crippen molar-refractivity contribution in [3.8, 4) is 0 Å². The molecule has 2 atom stereocenters. The van der Waals surface area contributed by atoms with Gasteiger partial charge in [0.15, 0.2) is 0 Å². The fourth-order valence-corrected chi connectivity index (χ4v) is 13.6. The van der Waals surface area contributed by atoms with Gasteiger partial charge in [0.1, 0.15) is 0 Å². The first kappa shape index (κ1) is 30.7. The number of hydrogen-bond donors (Lipinski definition) is 0. The number of aryl methyl sites for hydroxylation is 4. The minimum Gasteiger partial charge on any atom is -0.0648 e. The molecule has 0 fully saturated rings. The summed E-state index contributed by atoms with van der Waals surface area (Å²) in [4.78, 5) is 0. The smallest absolute Gasteiger partial charge is 0.00921 e. The standard InChI is InChI=1S/C38H48P2/c1-10-38(27(2)3,32(8)39(34-19-11-28(4)12-20-34)35-21-13-29(5)14-22-35)33(9)40(36-23-15-30(6)16-24-36)37-25-17-31(7)18-26-37/h11-27,32-33H,10H2,1-9H3. The Morgan fingerprint density at radius 1 is 0.450 bits per heavy atom. The molecule has 210 valence electrons. The van der Waals surface area contributed by atoms with Crippen LogP contribution in [0.25, 0.3) is 0 Å². The van der Waals surface area contributed by atoms with E-state index in [1.165, 1.54) is 49.9 Å². The van der Waals surface area contributed by atoms with Crippen molar-refractivity contribution < 1.29 is 0 Å². The van der Waals surface area contributed by atoms with Crippen molar-refractivity contribution >= 4 is 37.1 Å². The highest BCUT2D eigenvalue weighted by Gasteiger charge is 2.49. The van der Waals surface area contributed by atoms with E-state index in [9.17, 15) is 0 Å². The topological polar surface area (TPSA) is 0 Å². The number of hydrogen-bond acceptors (Lipinski definition) is 0. The predicted molar refractivity (Wildman–Crippen MR) is 184 cm³/mol. The normalized spacial score (nSPS) is 14.9. The molecule has 4 aromatic carbocycles. The van der Waals surface area contributed by atoms with Gasteiger partial charge in [-0.3, -0.25) is 0 Å². The van der Waals surface area contributed by atoms with Gasteiger partial charge in [-0.15, -0.1) is 0 Å². The van der Waals surface area contributed by atoms with Gasteiger partial charge >= 0.3 is 0 Å². The molecule has 4 rings (SSSR count). The molecule has 0 radical (unpaired) electrons. The zero-order chi connectivity index (χ0) is 29.0. The van der Waals surface area contributed by atoms with Gasteiger partial charge in [-0.05, 0) is 93.8 Å².